The fraction of sp³-hybridized carbons (Fsp3) is 0.417. The molecule has 0 bridgehead atoms. The summed E-state index contributed by atoms with van der Waals surface area (Å²) in [6.07, 6.45) is 3.00. The molecule has 0 aliphatic carbocycles. The van der Waals surface area contributed by atoms with E-state index in [1.807, 2.05) is 6.20 Å². The molecular formula is C12H18ClN3S. The van der Waals surface area contributed by atoms with Crippen LogP contribution in [-0.2, 0) is 19.6 Å². The van der Waals surface area contributed by atoms with Crippen LogP contribution < -0.4 is 5.32 Å². The number of thiophene rings is 1. The van der Waals surface area contributed by atoms with Crippen molar-refractivity contribution in [2.45, 2.75) is 33.0 Å². The SMILES string of the molecule is CCCn1nccc1CNCc1cccs1.Cl. The lowest BCUT2D eigenvalue weighted by Gasteiger charge is -2.06. The first-order valence-corrected chi connectivity index (χ1v) is 6.52. The van der Waals surface area contributed by atoms with Gasteiger partial charge in [0.1, 0.15) is 0 Å². The molecule has 0 saturated heterocycles. The van der Waals surface area contributed by atoms with Crippen molar-refractivity contribution in [2.24, 2.45) is 0 Å². The number of nitrogens with zero attached hydrogens (tertiary/aromatic N) is 2. The van der Waals surface area contributed by atoms with E-state index < -0.39 is 0 Å². The van der Waals surface area contributed by atoms with Crippen LogP contribution in [0.1, 0.15) is 23.9 Å². The van der Waals surface area contributed by atoms with Crippen molar-refractivity contribution >= 4 is 23.7 Å². The Labute approximate surface area is 112 Å². The van der Waals surface area contributed by atoms with Gasteiger partial charge in [-0.1, -0.05) is 13.0 Å². The summed E-state index contributed by atoms with van der Waals surface area (Å²) in [5.74, 6) is 0. The fourth-order valence-electron chi connectivity index (χ4n) is 1.65. The van der Waals surface area contributed by atoms with E-state index in [2.05, 4.69) is 45.6 Å². The largest absolute Gasteiger partial charge is 0.306 e. The van der Waals surface area contributed by atoms with E-state index in [1.165, 1.54) is 10.6 Å². The van der Waals surface area contributed by atoms with E-state index in [1.54, 1.807) is 11.3 Å². The van der Waals surface area contributed by atoms with Crippen LogP contribution in [0.25, 0.3) is 0 Å². The van der Waals surface area contributed by atoms with Crippen molar-refractivity contribution < 1.29 is 0 Å². The molecule has 0 aliphatic rings. The van der Waals surface area contributed by atoms with Gasteiger partial charge in [-0.25, -0.2) is 0 Å². The third-order valence-electron chi connectivity index (χ3n) is 2.43. The molecule has 5 heteroatoms. The maximum atomic E-state index is 4.30. The molecule has 2 aromatic rings. The number of aryl methyl sites for hydroxylation is 1. The monoisotopic (exact) mass is 271 g/mol. The zero-order chi connectivity index (χ0) is 11.2. The van der Waals surface area contributed by atoms with Crippen molar-refractivity contribution in [1.82, 2.24) is 15.1 Å². The highest BCUT2D eigenvalue weighted by Crippen LogP contribution is 2.08. The zero-order valence-corrected chi connectivity index (χ0v) is 11.6. The Morgan fingerprint density at radius 3 is 2.94 bits per heavy atom. The van der Waals surface area contributed by atoms with Gasteiger partial charge in [0.05, 0.1) is 5.69 Å². The fourth-order valence-corrected chi connectivity index (χ4v) is 2.32. The van der Waals surface area contributed by atoms with Gasteiger partial charge in [0.2, 0.25) is 0 Å². The number of nitrogens with one attached hydrogen (secondary N) is 1. The van der Waals surface area contributed by atoms with Gasteiger partial charge in [0.15, 0.2) is 0 Å². The van der Waals surface area contributed by atoms with Crippen molar-refractivity contribution in [1.29, 1.82) is 0 Å². The molecule has 2 rings (SSSR count). The second-order valence-electron chi connectivity index (χ2n) is 3.73. The summed E-state index contributed by atoms with van der Waals surface area (Å²) in [6.45, 7) is 5.00. The third-order valence-corrected chi connectivity index (χ3v) is 3.30. The lowest BCUT2D eigenvalue weighted by atomic mass is 10.4. The summed E-state index contributed by atoms with van der Waals surface area (Å²) in [5.41, 5.74) is 1.26. The Kier molecular flexibility index (Phi) is 6.26. The molecule has 0 atom stereocenters. The number of aromatic nitrogens is 2. The second-order valence-corrected chi connectivity index (χ2v) is 4.76. The van der Waals surface area contributed by atoms with Crippen molar-refractivity contribution in [3.05, 3.63) is 40.3 Å². The maximum Gasteiger partial charge on any atom is 0.0522 e. The molecule has 0 aliphatic heterocycles. The first kappa shape index (κ1) is 14.2. The average molecular weight is 272 g/mol. The maximum absolute atomic E-state index is 4.30. The Morgan fingerprint density at radius 2 is 2.24 bits per heavy atom. The van der Waals surface area contributed by atoms with Gasteiger partial charge in [0.25, 0.3) is 0 Å². The number of halogens is 1. The quantitative estimate of drug-likeness (QED) is 0.875. The van der Waals surface area contributed by atoms with Gasteiger partial charge in [-0.05, 0) is 23.9 Å². The highest BCUT2D eigenvalue weighted by molar-refractivity contribution is 7.09. The van der Waals surface area contributed by atoms with Gasteiger partial charge < -0.3 is 5.32 Å². The summed E-state index contributed by atoms with van der Waals surface area (Å²) in [7, 11) is 0. The molecule has 0 amide bonds. The first-order valence-electron chi connectivity index (χ1n) is 5.64. The summed E-state index contributed by atoms with van der Waals surface area (Å²) in [5, 5.41) is 9.85. The predicted octanol–water partition coefficient (Wildman–Crippen LogP) is 3.07. The highest BCUT2D eigenvalue weighted by atomic mass is 35.5. The topological polar surface area (TPSA) is 29.9 Å². The molecule has 0 spiro atoms. The standard InChI is InChI=1S/C12H17N3S.ClH/c1-2-7-15-11(5-6-14-15)9-13-10-12-4-3-8-16-12;/h3-6,8,13H,2,7,9-10H2,1H3;1H. The number of rotatable bonds is 6. The first-order chi connectivity index (χ1) is 7.90. The van der Waals surface area contributed by atoms with Crippen LogP contribution >= 0.6 is 23.7 Å². The minimum atomic E-state index is 0. The molecule has 3 nitrogen and oxygen atoms in total. The second kappa shape index (κ2) is 7.48. The van der Waals surface area contributed by atoms with Gasteiger partial charge in [-0.3, -0.25) is 4.68 Å². The Balaban J connectivity index is 0.00000144. The van der Waals surface area contributed by atoms with Crippen molar-refractivity contribution in [3.63, 3.8) is 0 Å². The van der Waals surface area contributed by atoms with E-state index in [4.69, 9.17) is 0 Å². The van der Waals surface area contributed by atoms with E-state index in [9.17, 15) is 0 Å². The van der Waals surface area contributed by atoms with E-state index in [-0.39, 0.29) is 12.4 Å². The molecule has 2 heterocycles. The highest BCUT2D eigenvalue weighted by Gasteiger charge is 2.01. The van der Waals surface area contributed by atoms with Crippen LogP contribution in [-0.4, -0.2) is 9.78 Å². The Morgan fingerprint density at radius 1 is 1.35 bits per heavy atom. The van der Waals surface area contributed by atoms with Crippen LogP contribution in [0.5, 0.6) is 0 Å². The number of hydrogen-bond donors (Lipinski definition) is 1. The minimum Gasteiger partial charge on any atom is -0.306 e. The Bertz CT molecular complexity index is 411. The molecule has 1 N–H and O–H groups in total. The minimum absolute atomic E-state index is 0. The predicted molar refractivity (Wildman–Crippen MR) is 74.6 cm³/mol. The van der Waals surface area contributed by atoms with E-state index in [0.29, 0.717) is 0 Å². The summed E-state index contributed by atoms with van der Waals surface area (Å²) >= 11 is 1.79. The van der Waals surface area contributed by atoms with E-state index >= 15 is 0 Å². The molecule has 94 valence electrons. The zero-order valence-electron chi connectivity index (χ0n) is 9.93. The van der Waals surface area contributed by atoms with Crippen molar-refractivity contribution in [2.75, 3.05) is 0 Å². The van der Waals surface area contributed by atoms with E-state index in [0.717, 1.165) is 26.1 Å². The average Bonchev–Trinajstić information content (AvgIpc) is 2.91. The van der Waals surface area contributed by atoms with Crippen LogP contribution in [0, 0.1) is 0 Å². The molecule has 0 saturated carbocycles. The van der Waals surface area contributed by atoms with Gasteiger partial charge in [-0.2, -0.15) is 5.10 Å². The molecule has 0 aromatic carbocycles. The molecule has 0 radical (unpaired) electrons. The lowest BCUT2D eigenvalue weighted by Crippen LogP contribution is -2.15. The number of hydrogen-bond acceptors (Lipinski definition) is 3. The lowest BCUT2D eigenvalue weighted by molar-refractivity contribution is 0.550. The smallest absolute Gasteiger partial charge is 0.0522 e. The molecule has 17 heavy (non-hydrogen) atoms. The molecule has 0 fully saturated rings. The third kappa shape index (κ3) is 4.15. The van der Waals surface area contributed by atoms with Crippen LogP contribution in [0.2, 0.25) is 0 Å². The van der Waals surface area contributed by atoms with Crippen molar-refractivity contribution in [3.8, 4) is 0 Å². The summed E-state index contributed by atoms with van der Waals surface area (Å²) < 4.78 is 2.07. The van der Waals surface area contributed by atoms with Gasteiger partial charge in [0, 0.05) is 30.7 Å². The normalized spacial score (nSPS) is 10.2. The molecule has 2 aromatic heterocycles. The summed E-state index contributed by atoms with van der Waals surface area (Å²) in [6, 6.07) is 6.32. The molecule has 0 unspecified atom stereocenters. The summed E-state index contributed by atoms with van der Waals surface area (Å²) in [4.78, 5) is 1.38. The molecular weight excluding hydrogens is 254 g/mol. The Hall–Kier alpha value is -0.840. The van der Waals surface area contributed by atoms with Gasteiger partial charge in [-0.15, -0.1) is 23.7 Å². The van der Waals surface area contributed by atoms with Crippen LogP contribution in [0.15, 0.2) is 29.8 Å². The van der Waals surface area contributed by atoms with Gasteiger partial charge >= 0.3 is 0 Å². The van der Waals surface area contributed by atoms with Crippen LogP contribution in [0.3, 0.4) is 0 Å². The van der Waals surface area contributed by atoms with Crippen LogP contribution in [0.4, 0.5) is 0 Å².